The number of nitrogens with one attached hydrogen (secondary N) is 1. The molecule has 1 unspecified atom stereocenters. The van der Waals surface area contributed by atoms with Gasteiger partial charge in [0.25, 0.3) is 0 Å². The minimum Gasteiger partial charge on any atom is -0.456 e. The highest BCUT2D eigenvalue weighted by Crippen LogP contribution is 2.42. The monoisotopic (exact) mass is 399 g/mol. The minimum absolute atomic E-state index is 0.0423. The van der Waals surface area contributed by atoms with Gasteiger partial charge in [-0.25, -0.2) is 4.79 Å². The second kappa shape index (κ2) is 8.34. The standard InChI is InChI=1S/C24H21N3O3/c1-15-21(24(29)30-14-18-5-2-3-12-26-18)22(17-10-8-16(13-25)9-11-17)23-19(27-15)6-4-7-20(23)28/h2-3,5,8-12,22,27H,4,6-7,14H2,1H3. The number of esters is 1. The van der Waals surface area contributed by atoms with Crippen LogP contribution in [0.5, 0.6) is 0 Å². The van der Waals surface area contributed by atoms with Crippen LogP contribution in [-0.4, -0.2) is 16.7 Å². The third-order valence-corrected chi connectivity index (χ3v) is 5.45. The predicted molar refractivity (Wildman–Crippen MR) is 110 cm³/mol. The first-order chi connectivity index (χ1) is 14.6. The molecule has 0 saturated carbocycles. The lowest BCUT2D eigenvalue weighted by atomic mass is 9.75. The Bertz CT molecular complexity index is 1090. The van der Waals surface area contributed by atoms with E-state index < -0.39 is 11.9 Å². The molecule has 1 aliphatic carbocycles. The number of dihydropyridines is 1. The molecule has 1 aromatic heterocycles. The average molecular weight is 399 g/mol. The highest BCUT2D eigenvalue weighted by molar-refractivity contribution is 6.03. The summed E-state index contributed by atoms with van der Waals surface area (Å²) in [4.78, 5) is 30.2. The molecule has 6 nitrogen and oxygen atoms in total. The van der Waals surface area contributed by atoms with E-state index in [9.17, 15) is 9.59 Å². The molecule has 2 aromatic rings. The quantitative estimate of drug-likeness (QED) is 0.789. The van der Waals surface area contributed by atoms with Crippen molar-refractivity contribution in [3.63, 3.8) is 0 Å². The summed E-state index contributed by atoms with van der Waals surface area (Å²) in [6.45, 7) is 1.88. The van der Waals surface area contributed by atoms with Crippen molar-refractivity contribution in [2.45, 2.75) is 38.7 Å². The van der Waals surface area contributed by atoms with Gasteiger partial charge in [-0.15, -0.1) is 0 Å². The van der Waals surface area contributed by atoms with Gasteiger partial charge in [-0.05, 0) is 49.6 Å². The fourth-order valence-electron chi connectivity index (χ4n) is 4.04. The molecule has 4 rings (SSSR count). The molecule has 1 aromatic carbocycles. The summed E-state index contributed by atoms with van der Waals surface area (Å²) in [6.07, 6.45) is 3.66. The first-order valence-electron chi connectivity index (χ1n) is 9.89. The first kappa shape index (κ1) is 19.6. The lowest BCUT2D eigenvalue weighted by molar-refractivity contribution is -0.140. The normalized spacial score (nSPS) is 18.4. The number of carbonyl (C=O) groups excluding carboxylic acids is 2. The van der Waals surface area contributed by atoms with Gasteiger partial charge < -0.3 is 10.1 Å². The van der Waals surface area contributed by atoms with Crippen molar-refractivity contribution in [2.75, 3.05) is 0 Å². The maximum absolute atomic E-state index is 13.1. The zero-order valence-electron chi connectivity index (χ0n) is 16.6. The van der Waals surface area contributed by atoms with Crippen molar-refractivity contribution in [2.24, 2.45) is 0 Å². The van der Waals surface area contributed by atoms with Gasteiger partial charge in [0.2, 0.25) is 0 Å². The molecular weight excluding hydrogens is 378 g/mol. The van der Waals surface area contributed by atoms with Crippen LogP contribution < -0.4 is 5.32 Å². The Morgan fingerprint density at radius 1 is 1.23 bits per heavy atom. The second-order valence-electron chi connectivity index (χ2n) is 7.40. The molecule has 30 heavy (non-hydrogen) atoms. The van der Waals surface area contributed by atoms with Crippen LogP contribution in [0.2, 0.25) is 0 Å². The van der Waals surface area contributed by atoms with Crippen LogP contribution in [-0.2, 0) is 20.9 Å². The molecule has 0 spiro atoms. The van der Waals surface area contributed by atoms with E-state index in [1.165, 1.54) is 0 Å². The fourth-order valence-corrected chi connectivity index (χ4v) is 4.04. The van der Waals surface area contributed by atoms with E-state index in [0.29, 0.717) is 34.5 Å². The molecule has 1 atom stereocenters. The molecule has 150 valence electrons. The lowest BCUT2D eigenvalue weighted by Crippen LogP contribution is -2.34. The van der Waals surface area contributed by atoms with Gasteiger partial charge >= 0.3 is 5.97 Å². The van der Waals surface area contributed by atoms with Crippen molar-refractivity contribution in [3.8, 4) is 6.07 Å². The Hall–Kier alpha value is -3.72. The third kappa shape index (κ3) is 3.74. The number of aromatic nitrogens is 1. The number of ether oxygens (including phenoxy) is 1. The van der Waals surface area contributed by atoms with Crippen molar-refractivity contribution in [1.82, 2.24) is 10.3 Å². The highest BCUT2D eigenvalue weighted by atomic mass is 16.5. The van der Waals surface area contributed by atoms with Gasteiger partial charge in [0.15, 0.2) is 5.78 Å². The molecule has 2 aliphatic rings. The number of rotatable bonds is 4. The molecule has 0 bridgehead atoms. The summed E-state index contributed by atoms with van der Waals surface area (Å²) in [5, 5.41) is 12.4. The van der Waals surface area contributed by atoms with E-state index in [2.05, 4.69) is 16.4 Å². The zero-order chi connectivity index (χ0) is 21.1. The van der Waals surface area contributed by atoms with Gasteiger partial charge in [0.1, 0.15) is 6.61 Å². The summed E-state index contributed by atoms with van der Waals surface area (Å²) < 4.78 is 5.56. The van der Waals surface area contributed by atoms with Crippen molar-refractivity contribution in [3.05, 3.63) is 88.0 Å². The number of benzene rings is 1. The SMILES string of the molecule is CC1=C(C(=O)OCc2ccccn2)C(c2ccc(C#N)cc2)C2=C(CCCC2=O)N1. The Labute approximate surface area is 174 Å². The van der Waals surface area contributed by atoms with Gasteiger partial charge in [-0.2, -0.15) is 5.26 Å². The number of allylic oxidation sites excluding steroid dienone is 3. The minimum atomic E-state index is -0.516. The molecule has 0 radical (unpaired) electrons. The maximum atomic E-state index is 13.1. The summed E-state index contributed by atoms with van der Waals surface area (Å²) in [5.41, 5.74) is 4.57. The number of Topliss-reactive ketones (excluding diaryl/α,β-unsaturated/α-hetero) is 1. The molecule has 1 aliphatic heterocycles. The summed E-state index contributed by atoms with van der Waals surface area (Å²) >= 11 is 0. The van der Waals surface area contributed by atoms with Gasteiger partial charge in [-0.1, -0.05) is 18.2 Å². The Kier molecular flexibility index (Phi) is 5.44. The summed E-state index contributed by atoms with van der Waals surface area (Å²) in [5.74, 6) is -0.955. The van der Waals surface area contributed by atoms with Crippen LogP contribution in [0.25, 0.3) is 0 Å². The number of hydrogen-bond acceptors (Lipinski definition) is 6. The van der Waals surface area contributed by atoms with Crippen LogP contribution in [0.1, 0.15) is 48.9 Å². The average Bonchev–Trinajstić information content (AvgIpc) is 2.77. The molecule has 6 heteroatoms. The predicted octanol–water partition coefficient (Wildman–Crippen LogP) is 3.66. The number of ketones is 1. The van der Waals surface area contributed by atoms with Gasteiger partial charge in [0.05, 0.1) is 22.9 Å². The molecular formula is C24H21N3O3. The largest absolute Gasteiger partial charge is 0.456 e. The maximum Gasteiger partial charge on any atom is 0.337 e. The Morgan fingerprint density at radius 2 is 2.03 bits per heavy atom. The summed E-state index contributed by atoms with van der Waals surface area (Å²) in [7, 11) is 0. The second-order valence-corrected chi connectivity index (χ2v) is 7.40. The number of carbonyl (C=O) groups is 2. The van der Waals surface area contributed by atoms with Crippen molar-refractivity contribution in [1.29, 1.82) is 5.26 Å². The first-order valence-corrected chi connectivity index (χ1v) is 9.89. The molecule has 2 heterocycles. The number of pyridine rings is 1. The van der Waals surface area contributed by atoms with Crippen molar-refractivity contribution >= 4 is 11.8 Å². The van der Waals surface area contributed by atoms with Crippen LogP contribution in [0.3, 0.4) is 0 Å². The fraction of sp³-hybridized carbons (Fsp3) is 0.250. The van der Waals surface area contributed by atoms with Crippen molar-refractivity contribution < 1.29 is 14.3 Å². The van der Waals surface area contributed by atoms with Gasteiger partial charge in [-0.3, -0.25) is 9.78 Å². The number of nitriles is 1. The van der Waals surface area contributed by atoms with E-state index in [0.717, 1.165) is 24.1 Å². The van der Waals surface area contributed by atoms with E-state index in [1.807, 2.05) is 13.0 Å². The highest BCUT2D eigenvalue weighted by Gasteiger charge is 2.39. The molecule has 1 N–H and O–H groups in total. The van der Waals surface area contributed by atoms with E-state index in [1.54, 1.807) is 42.6 Å². The zero-order valence-corrected chi connectivity index (χ0v) is 16.6. The van der Waals surface area contributed by atoms with Crippen LogP contribution in [0.15, 0.2) is 71.2 Å². The van der Waals surface area contributed by atoms with Gasteiger partial charge in [0, 0.05) is 35.5 Å². The number of nitrogens with zero attached hydrogens (tertiary/aromatic N) is 2. The molecule has 0 fully saturated rings. The lowest BCUT2D eigenvalue weighted by Gasteiger charge is -2.34. The Morgan fingerprint density at radius 3 is 2.73 bits per heavy atom. The third-order valence-electron chi connectivity index (χ3n) is 5.45. The topological polar surface area (TPSA) is 92.1 Å². The number of hydrogen-bond donors (Lipinski definition) is 1. The molecule has 0 saturated heterocycles. The van der Waals surface area contributed by atoms with E-state index in [4.69, 9.17) is 10.00 Å². The summed E-state index contributed by atoms with van der Waals surface area (Å²) in [6, 6.07) is 14.5. The van der Waals surface area contributed by atoms with Crippen LogP contribution in [0.4, 0.5) is 0 Å². The molecule has 0 amide bonds. The van der Waals surface area contributed by atoms with Crippen LogP contribution in [0, 0.1) is 11.3 Å². The van der Waals surface area contributed by atoms with E-state index in [-0.39, 0.29) is 12.4 Å². The smallest absolute Gasteiger partial charge is 0.337 e. The van der Waals surface area contributed by atoms with Crippen LogP contribution >= 0.6 is 0 Å². The van der Waals surface area contributed by atoms with E-state index >= 15 is 0 Å². The Balaban J connectivity index is 1.71.